The Morgan fingerprint density at radius 1 is 1.09 bits per heavy atom. The molecule has 0 fully saturated rings. The molecule has 2 rings (SSSR count). The smallest absolute Gasteiger partial charge is 0.255 e. The van der Waals surface area contributed by atoms with E-state index in [2.05, 4.69) is 5.32 Å². The van der Waals surface area contributed by atoms with Gasteiger partial charge in [-0.25, -0.2) is 8.42 Å². The molecule has 5 nitrogen and oxygen atoms in total. The number of benzene rings is 2. The molecule has 0 unspecified atom stereocenters. The molecule has 2 aromatic rings. The van der Waals surface area contributed by atoms with Gasteiger partial charge in [-0.05, 0) is 55.5 Å². The quantitative estimate of drug-likeness (QED) is 0.897. The predicted octanol–water partition coefficient (Wildman–Crippen LogP) is 3.38. The first-order chi connectivity index (χ1) is 10.8. The van der Waals surface area contributed by atoms with E-state index in [1.807, 2.05) is 0 Å². The van der Waals surface area contributed by atoms with Crippen molar-refractivity contribution in [2.24, 2.45) is 0 Å². The Morgan fingerprint density at radius 2 is 1.65 bits per heavy atom. The molecule has 23 heavy (non-hydrogen) atoms. The van der Waals surface area contributed by atoms with Crippen LogP contribution in [0.2, 0.25) is 5.02 Å². The molecule has 1 amide bonds. The van der Waals surface area contributed by atoms with Crippen molar-refractivity contribution in [3.05, 3.63) is 59.1 Å². The van der Waals surface area contributed by atoms with Crippen molar-refractivity contribution < 1.29 is 13.2 Å². The van der Waals surface area contributed by atoms with Crippen molar-refractivity contribution in [1.82, 2.24) is 0 Å². The molecule has 122 valence electrons. The first-order valence-electron chi connectivity index (χ1n) is 6.96. The summed E-state index contributed by atoms with van der Waals surface area (Å²) in [5.41, 5.74) is 1.60. The highest BCUT2D eigenvalue weighted by Gasteiger charge is 2.15. The van der Waals surface area contributed by atoms with Crippen LogP contribution in [0.25, 0.3) is 0 Å². The normalized spacial score (nSPS) is 11.1. The number of nitrogens with zero attached hydrogens (tertiary/aromatic N) is 1. The van der Waals surface area contributed by atoms with Gasteiger partial charge in [0.05, 0.1) is 11.9 Å². The molecule has 1 N–H and O–H groups in total. The van der Waals surface area contributed by atoms with Crippen LogP contribution in [0, 0.1) is 0 Å². The maximum atomic E-state index is 12.2. The van der Waals surface area contributed by atoms with E-state index in [9.17, 15) is 13.2 Å². The van der Waals surface area contributed by atoms with Gasteiger partial charge in [-0.3, -0.25) is 9.10 Å². The molecular formula is C16H17ClN2O3S. The molecule has 0 spiro atoms. The van der Waals surface area contributed by atoms with Crippen LogP contribution in [0.3, 0.4) is 0 Å². The van der Waals surface area contributed by atoms with Gasteiger partial charge in [0.25, 0.3) is 5.91 Å². The van der Waals surface area contributed by atoms with E-state index < -0.39 is 10.0 Å². The lowest BCUT2D eigenvalue weighted by molar-refractivity contribution is 0.102. The van der Waals surface area contributed by atoms with Gasteiger partial charge >= 0.3 is 0 Å². The molecule has 0 saturated carbocycles. The fourth-order valence-electron chi connectivity index (χ4n) is 2.12. The van der Waals surface area contributed by atoms with Crippen LogP contribution in [-0.4, -0.2) is 27.1 Å². The molecule has 0 aromatic heterocycles. The van der Waals surface area contributed by atoms with Crippen molar-refractivity contribution in [1.29, 1.82) is 0 Å². The number of carbonyl (C=O) groups is 1. The molecule has 0 saturated heterocycles. The second kappa shape index (κ2) is 7.02. The Morgan fingerprint density at radius 3 is 2.13 bits per heavy atom. The zero-order chi connectivity index (χ0) is 17.0. The van der Waals surface area contributed by atoms with Crippen molar-refractivity contribution in [3.63, 3.8) is 0 Å². The Labute approximate surface area is 140 Å². The van der Waals surface area contributed by atoms with E-state index in [4.69, 9.17) is 11.6 Å². The third kappa shape index (κ3) is 4.46. The maximum absolute atomic E-state index is 12.2. The Kier molecular flexibility index (Phi) is 5.28. The van der Waals surface area contributed by atoms with Crippen LogP contribution in [-0.2, 0) is 10.0 Å². The van der Waals surface area contributed by atoms with E-state index in [0.717, 1.165) is 6.26 Å². The number of rotatable bonds is 5. The number of carbonyl (C=O) groups excluding carboxylic acids is 1. The zero-order valence-corrected chi connectivity index (χ0v) is 14.4. The molecule has 0 aliphatic carbocycles. The van der Waals surface area contributed by atoms with Crippen molar-refractivity contribution in [3.8, 4) is 0 Å². The number of anilines is 2. The molecule has 0 bridgehead atoms. The summed E-state index contributed by atoms with van der Waals surface area (Å²) in [6, 6.07) is 13.2. The summed E-state index contributed by atoms with van der Waals surface area (Å²) in [4.78, 5) is 12.2. The molecule has 2 aromatic carbocycles. The minimum Gasteiger partial charge on any atom is -0.322 e. The minimum absolute atomic E-state index is 0.277. The lowest BCUT2D eigenvalue weighted by atomic mass is 10.2. The number of halogens is 1. The standard InChI is InChI=1S/C16H17ClN2O3S/c1-3-19(23(2,21)22)15-10-4-12(5-11-15)16(20)18-14-8-6-13(17)7-9-14/h4-11H,3H2,1-2H3,(H,18,20). The van der Waals surface area contributed by atoms with Crippen molar-refractivity contribution in [2.45, 2.75) is 6.92 Å². The third-order valence-corrected chi connectivity index (χ3v) is 4.73. The van der Waals surface area contributed by atoms with Crippen LogP contribution < -0.4 is 9.62 Å². The lowest BCUT2D eigenvalue weighted by Gasteiger charge is -2.20. The molecule has 0 aliphatic rings. The van der Waals surface area contributed by atoms with Gasteiger partial charge in [0.1, 0.15) is 0 Å². The third-order valence-electron chi connectivity index (χ3n) is 3.21. The highest BCUT2D eigenvalue weighted by Crippen LogP contribution is 2.19. The van der Waals surface area contributed by atoms with Crippen LogP contribution in [0.5, 0.6) is 0 Å². The van der Waals surface area contributed by atoms with E-state index in [1.54, 1.807) is 55.5 Å². The highest BCUT2D eigenvalue weighted by molar-refractivity contribution is 7.92. The number of amides is 1. The molecule has 0 aliphatic heterocycles. The first-order valence-corrected chi connectivity index (χ1v) is 9.18. The van der Waals surface area contributed by atoms with Gasteiger partial charge in [0, 0.05) is 22.8 Å². The second-order valence-corrected chi connectivity index (χ2v) is 7.28. The zero-order valence-electron chi connectivity index (χ0n) is 12.8. The lowest BCUT2D eigenvalue weighted by Crippen LogP contribution is -2.29. The summed E-state index contributed by atoms with van der Waals surface area (Å²) >= 11 is 5.80. The monoisotopic (exact) mass is 352 g/mol. The number of nitrogens with one attached hydrogen (secondary N) is 1. The number of sulfonamides is 1. The first kappa shape index (κ1) is 17.3. The average molecular weight is 353 g/mol. The molecule has 7 heteroatoms. The maximum Gasteiger partial charge on any atom is 0.255 e. The van der Waals surface area contributed by atoms with Gasteiger partial charge in [0.15, 0.2) is 0 Å². The van der Waals surface area contributed by atoms with Gasteiger partial charge in [0.2, 0.25) is 10.0 Å². The summed E-state index contributed by atoms with van der Waals surface area (Å²) in [5.74, 6) is -0.277. The molecule has 0 heterocycles. The van der Waals surface area contributed by atoms with Crippen LogP contribution >= 0.6 is 11.6 Å². The molecule has 0 radical (unpaired) electrons. The Balaban J connectivity index is 2.15. The van der Waals surface area contributed by atoms with E-state index in [-0.39, 0.29) is 5.91 Å². The SMILES string of the molecule is CCN(c1ccc(C(=O)Nc2ccc(Cl)cc2)cc1)S(C)(=O)=O. The fourth-order valence-corrected chi connectivity index (χ4v) is 3.22. The Hall–Kier alpha value is -2.05. The van der Waals surface area contributed by atoms with E-state index in [0.29, 0.717) is 28.5 Å². The van der Waals surface area contributed by atoms with Gasteiger partial charge in [-0.1, -0.05) is 11.6 Å². The largest absolute Gasteiger partial charge is 0.322 e. The fraction of sp³-hybridized carbons (Fsp3) is 0.188. The topological polar surface area (TPSA) is 66.5 Å². The average Bonchev–Trinajstić information content (AvgIpc) is 2.49. The van der Waals surface area contributed by atoms with Crippen molar-refractivity contribution in [2.75, 3.05) is 22.4 Å². The summed E-state index contributed by atoms with van der Waals surface area (Å²) in [6.45, 7) is 2.08. The van der Waals surface area contributed by atoms with Gasteiger partial charge < -0.3 is 5.32 Å². The molecular weight excluding hydrogens is 336 g/mol. The van der Waals surface area contributed by atoms with Gasteiger partial charge in [-0.2, -0.15) is 0 Å². The molecule has 0 atom stereocenters. The van der Waals surface area contributed by atoms with Crippen molar-refractivity contribution >= 4 is 38.9 Å². The summed E-state index contributed by atoms with van der Waals surface area (Å²) in [5, 5.41) is 3.34. The Bertz CT molecular complexity index is 787. The minimum atomic E-state index is -3.33. The van der Waals surface area contributed by atoms with Crippen LogP contribution in [0.1, 0.15) is 17.3 Å². The van der Waals surface area contributed by atoms with Crippen LogP contribution in [0.4, 0.5) is 11.4 Å². The van der Waals surface area contributed by atoms with E-state index in [1.165, 1.54) is 4.31 Å². The summed E-state index contributed by atoms with van der Waals surface area (Å²) in [6.07, 6.45) is 1.15. The number of hydrogen-bond donors (Lipinski definition) is 1. The highest BCUT2D eigenvalue weighted by atomic mass is 35.5. The predicted molar refractivity (Wildman–Crippen MR) is 93.7 cm³/mol. The summed E-state index contributed by atoms with van der Waals surface area (Å²) < 4.78 is 24.6. The summed E-state index contributed by atoms with van der Waals surface area (Å²) in [7, 11) is -3.33. The van der Waals surface area contributed by atoms with E-state index >= 15 is 0 Å². The van der Waals surface area contributed by atoms with Crippen LogP contribution in [0.15, 0.2) is 48.5 Å². The van der Waals surface area contributed by atoms with Gasteiger partial charge in [-0.15, -0.1) is 0 Å². The number of hydrogen-bond acceptors (Lipinski definition) is 3. The second-order valence-electron chi connectivity index (χ2n) is 4.94.